The number of para-hydroxylation sites is 1. The molecular formula is C16H27IN4O. The van der Waals surface area contributed by atoms with Gasteiger partial charge in [-0.25, -0.2) is 4.99 Å². The van der Waals surface area contributed by atoms with Crippen molar-refractivity contribution in [2.75, 3.05) is 31.2 Å². The molecular weight excluding hydrogens is 391 g/mol. The minimum absolute atomic E-state index is 0. The van der Waals surface area contributed by atoms with E-state index in [1.807, 2.05) is 6.07 Å². The molecule has 5 nitrogen and oxygen atoms in total. The number of nitrogens with one attached hydrogen (secondary N) is 1. The van der Waals surface area contributed by atoms with Gasteiger partial charge in [-0.1, -0.05) is 18.2 Å². The Morgan fingerprint density at radius 1 is 1.27 bits per heavy atom. The van der Waals surface area contributed by atoms with Gasteiger partial charge in [0.05, 0.1) is 19.8 Å². The number of morpholine rings is 1. The maximum atomic E-state index is 5.94. The Morgan fingerprint density at radius 2 is 1.91 bits per heavy atom. The van der Waals surface area contributed by atoms with Crippen LogP contribution in [0.15, 0.2) is 29.3 Å². The summed E-state index contributed by atoms with van der Waals surface area (Å²) in [5.41, 5.74) is 8.29. The quantitative estimate of drug-likeness (QED) is 0.450. The van der Waals surface area contributed by atoms with Gasteiger partial charge in [0.1, 0.15) is 0 Å². The van der Waals surface area contributed by atoms with E-state index in [0.29, 0.717) is 12.5 Å². The first-order valence-corrected chi connectivity index (χ1v) is 7.44. The zero-order chi connectivity index (χ0) is 15.3. The van der Waals surface area contributed by atoms with E-state index in [4.69, 9.17) is 10.5 Å². The van der Waals surface area contributed by atoms with Gasteiger partial charge in [0.25, 0.3) is 0 Å². The molecule has 124 valence electrons. The molecule has 1 aliphatic heterocycles. The number of ether oxygens (including phenoxy) is 1. The van der Waals surface area contributed by atoms with Crippen LogP contribution in [-0.4, -0.2) is 37.8 Å². The lowest BCUT2D eigenvalue weighted by atomic mass is 10.1. The molecule has 6 heteroatoms. The second-order valence-electron chi connectivity index (χ2n) is 6.30. The fraction of sp³-hybridized carbons (Fsp3) is 0.562. The van der Waals surface area contributed by atoms with E-state index in [-0.39, 0.29) is 29.5 Å². The Bertz CT molecular complexity index is 493. The molecule has 3 N–H and O–H groups in total. The molecule has 2 rings (SSSR count). The molecule has 0 radical (unpaired) electrons. The maximum Gasteiger partial charge on any atom is 0.189 e. The van der Waals surface area contributed by atoms with Gasteiger partial charge in [0, 0.05) is 24.3 Å². The lowest BCUT2D eigenvalue weighted by Gasteiger charge is -2.30. The van der Waals surface area contributed by atoms with Crippen LogP contribution in [0.3, 0.4) is 0 Å². The summed E-state index contributed by atoms with van der Waals surface area (Å²) >= 11 is 0. The first-order chi connectivity index (χ1) is 9.96. The number of benzene rings is 1. The van der Waals surface area contributed by atoms with Crippen LogP contribution in [0.25, 0.3) is 0 Å². The molecule has 0 aliphatic carbocycles. The third-order valence-electron chi connectivity index (χ3n) is 3.27. The Kier molecular flexibility index (Phi) is 7.41. The highest BCUT2D eigenvalue weighted by Gasteiger charge is 2.14. The molecule has 1 aromatic carbocycles. The molecule has 0 aromatic heterocycles. The van der Waals surface area contributed by atoms with Crippen LogP contribution in [-0.2, 0) is 11.3 Å². The zero-order valence-corrected chi connectivity index (χ0v) is 16.0. The van der Waals surface area contributed by atoms with Crippen molar-refractivity contribution < 1.29 is 4.74 Å². The molecule has 0 spiro atoms. The van der Waals surface area contributed by atoms with E-state index in [1.165, 1.54) is 11.3 Å². The van der Waals surface area contributed by atoms with Gasteiger partial charge in [-0.3, -0.25) is 0 Å². The predicted molar refractivity (Wildman–Crippen MR) is 103 cm³/mol. The summed E-state index contributed by atoms with van der Waals surface area (Å²) in [7, 11) is 0. The van der Waals surface area contributed by atoms with Crippen LogP contribution in [0.1, 0.15) is 26.3 Å². The van der Waals surface area contributed by atoms with Crippen molar-refractivity contribution >= 4 is 35.6 Å². The smallest absolute Gasteiger partial charge is 0.189 e. The number of nitrogens with zero attached hydrogens (tertiary/aromatic N) is 2. The van der Waals surface area contributed by atoms with Crippen LogP contribution in [0, 0.1) is 0 Å². The maximum absolute atomic E-state index is 5.94. The van der Waals surface area contributed by atoms with Crippen molar-refractivity contribution in [3.8, 4) is 0 Å². The van der Waals surface area contributed by atoms with E-state index in [9.17, 15) is 0 Å². The van der Waals surface area contributed by atoms with Crippen LogP contribution >= 0.6 is 24.0 Å². The van der Waals surface area contributed by atoms with Gasteiger partial charge in [0.15, 0.2) is 5.96 Å². The Labute approximate surface area is 150 Å². The summed E-state index contributed by atoms with van der Waals surface area (Å²) in [4.78, 5) is 6.81. The molecule has 0 unspecified atom stereocenters. The van der Waals surface area contributed by atoms with Crippen molar-refractivity contribution in [2.45, 2.75) is 32.9 Å². The van der Waals surface area contributed by atoms with Gasteiger partial charge in [-0.15, -0.1) is 24.0 Å². The number of guanidine groups is 1. The van der Waals surface area contributed by atoms with E-state index < -0.39 is 0 Å². The zero-order valence-electron chi connectivity index (χ0n) is 13.6. The average Bonchev–Trinajstić information content (AvgIpc) is 2.45. The molecule has 0 amide bonds. The minimum atomic E-state index is -0.0721. The molecule has 1 aliphatic rings. The third-order valence-corrected chi connectivity index (χ3v) is 3.27. The number of anilines is 1. The predicted octanol–water partition coefficient (Wildman–Crippen LogP) is 2.34. The number of halogens is 1. The normalized spacial score (nSPS) is 16.1. The van der Waals surface area contributed by atoms with E-state index in [0.717, 1.165) is 26.3 Å². The topological polar surface area (TPSA) is 62.9 Å². The summed E-state index contributed by atoms with van der Waals surface area (Å²) in [6.07, 6.45) is 0. The molecule has 1 saturated heterocycles. The van der Waals surface area contributed by atoms with Crippen molar-refractivity contribution in [1.29, 1.82) is 0 Å². The second-order valence-corrected chi connectivity index (χ2v) is 6.30. The highest BCUT2D eigenvalue weighted by Crippen LogP contribution is 2.22. The van der Waals surface area contributed by atoms with Crippen molar-refractivity contribution in [3.63, 3.8) is 0 Å². The molecule has 0 saturated carbocycles. The van der Waals surface area contributed by atoms with Crippen LogP contribution in [0.4, 0.5) is 5.69 Å². The highest BCUT2D eigenvalue weighted by molar-refractivity contribution is 14.0. The Balaban J connectivity index is 0.00000242. The number of nitrogens with two attached hydrogens (primary N) is 1. The van der Waals surface area contributed by atoms with E-state index in [2.05, 4.69) is 54.2 Å². The molecule has 1 fully saturated rings. The summed E-state index contributed by atoms with van der Waals surface area (Å²) in [5.74, 6) is 0.485. The lowest BCUT2D eigenvalue weighted by molar-refractivity contribution is 0.122. The standard InChI is InChI=1S/C16H26N4O.HI/c1-16(2,3)19-15(17)18-12-13-6-4-5-7-14(13)20-8-10-21-11-9-20;/h4-7H,8-12H2,1-3H3,(H3,17,18,19);1H. The Hall–Kier alpha value is -1.02. The average molecular weight is 418 g/mol. The fourth-order valence-electron chi connectivity index (χ4n) is 2.35. The monoisotopic (exact) mass is 418 g/mol. The first-order valence-electron chi connectivity index (χ1n) is 7.44. The number of rotatable bonds is 3. The van der Waals surface area contributed by atoms with E-state index in [1.54, 1.807) is 0 Å². The summed E-state index contributed by atoms with van der Waals surface area (Å²) in [5, 5.41) is 3.18. The summed E-state index contributed by atoms with van der Waals surface area (Å²) < 4.78 is 5.41. The molecule has 0 bridgehead atoms. The molecule has 1 aromatic rings. The van der Waals surface area contributed by atoms with Crippen molar-refractivity contribution in [1.82, 2.24) is 5.32 Å². The second kappa shape index (κ2) is 8.57. The molecule has 0 atom stereocenters. The fourth-order valence-corrected chi connectivity index (χ4v) is 2.35. The van der Waals surface area contributed by atoms with Gasteiger partial charge < -0.3 is 20.7 Å². The van der Waals surface area contributed by atoms with Gasteiger partial charge in [0.2, 0.25) is 0 Å². The summed E-state index contributed by atoms with van der Waals surface area (Å²) in [6.45, 7) is 10.2. The number of hydrogen-bond donors (Lipinski definition) is 2. The summed E-state index contributed by atoms with van der Waals surface area (Å²) in [6, 6.07) is 8.36. The largest absolute Gasteiger partial charge is 0.378 e. The minimum Gasteiger partial charge on any atom is -0.378 e. The highest BCUT2D eigenvalue weighted by atomic mass is 127. The van der Waals surface area contributed by atoms with Crippen LogP contribution in [0.2, 0.25) is 0 Å². The first kappa shape index (κ1) is 19.0. The number of aliphatic imine (C=N–C) groups is 1. The molecule has 22 heavy (non-hydrogen) atoms. The van der Waals surface area contributed by atoms with Gasteiger partial charge in [-0.05, 0) is 32.4 Å². The van der Waals surface area contributed by atoms with Gasteiger partial charge >= 0.3 is 0 Å². The third kappa shape index (κ3) is 6.00. The van der Waals surface area contributed by atoms with Crippen LogP contribution in [0.5, 0.6) is 0 Å². The number of hydrogen-bond acceptors (Lipinski definition) is 3. The SMILES string of the molecule is CC(C)(C)NC(N)=NCc1ccccc1N1CCOCC1.I. The lowest BCUT2D eigenvalue weighted by Crippen LogP contribution is -2.45. The van der Waals surface area contributed by atoms with Crippen LogP contribution < -0.4 is 16.0 Å². The molecule has 1 heterocycles. The van der Waals surface area contributed by atoms with Crippen molar-refractivity contribution in [3.05, 3.63) is 29.8 Å². The van der Waals surface area contributed by atoms with E-state index >= 15 is 0 Å². The van der Waals surface area contributed by atoms with Gasteiger partial charge in [-0.2, -0.15) is 0 Å². The Morgan fingerprint density at radius 3 is 2.55 bits per heavy atom. The van der Waals surface area contributed by atoms with Crippen molar-refractivity contribution in [2.24, 2.45) is 10.7 Å².